The Labute approximate surface area is 154 Å². The predicted molar refractivity (Wildman–Crippen MR) is 95.6 cm³/mol. The van der Waals surface area contributed by atoms with E-state index in [4.69, 9.17) is 9.26 Å². The van der Waals surface area contributed by atoms with Crippen LogP contribution in [0.25, 0.3) is 10.6 Å². The molecule has 3 aromatic rings. The van der Waals surface area contributed by atoms with Gasteiger partial charge in [0.1, 0.15) is 11.0 Å². The quantitative estimate of drug-likeness (QED) is 0.702. The topological polar surface area (TPSA) is 81.4 Å². The van der Waals surface area contributed by atoms with Crippen LogP contribution in [0, 0.1) is 6.92 Å². The summed E-state index contributed by atoms with van der Waals surface area (Å²) >= 11 is 1.55. The first-order valence-electron chi connectivity index (χ1n) is 8.38. The molecule has 2 aromatic heterocycles. The second-order valence-corrected chi connectivity index (χ2v) is 6.89. The highest BCUT2D eigenvalue weighted by atomic mass is 32.1. The highest BCUT2D eigenvalue weighted by Crippen LogP contribution is 2.26. The molecule has 1 atom stereocenters. The molecule has 0 aliphatic carbocycles. The minimum absolute atomic E-state index is 0.00864. The maximum absolute atomic E-state index is 12.9. The molecule has 26 heavy (non-hydrogen) atoms. The number of amides is 1. The summed E-state index contributed by atoms with van der Waals surface area (Å²) in [5.41, 5.74) is 1.83. The van der Waals surface area contributed by atoms with E-state index in [-0.39, 0.29) is 18.4 Å². The molecule has 1 aliphatic heterocycles. The molecule has 7 nitrogen and oxygen atoms in total. The van der Waals surface area contributed by atoms with Gasteiger partial charge < -0.3 is 14.2 Å². The van der Waals surface area contributed by atoms with Crippen molar-refractivity contribution in [2.24, 2.45) is 0 Å². The van der Waals surface area contributed by atoms with Gasteiger partial charge in [-0.1, -0.05) is 35.5 Å². The third-order valence-corrected chi connectivity index (χ3v) is 5.14. The first kappa shape index (κ1) is 16.9. The van der Waals surface area contributed by atoms with Crippen LogP contribution in [0.1, 0.15) is 23.5 Å². The van der Waals surface area contributed by atoms with Gasteiger partial charge in [0.2, 0.25) is 11.8 Å². The number of ether oxygens (including phenoxy) is 1. The van der Waals surface area contributed by atoms with Crippen molar-refractivity contribution < 1.29 is 14.1 Å². The van der Waals surface area contributed by atoms with Gasteiger partial charge in [-0.15, -0.1) is 11.3 Å². The number of aromatic nitrogens is 3. The lowest BCUT2D eigenvalue weighted by Crippen LogP contribution is -2.44. The minimum atomic E-state index is -0.319. The van der Waals surface area contributed by atoms with Gasteiger partial charge in [-0.05, 0) is 0 Å². The molecule has 8 heteroatoms. The van der Waals surface area contributed by atoms with Gasteiger partial charge in [0, 0.05) is 24.4 Å². The van der Waals surface area contributed by atoms with Crippen LogP contribution in [0.2, 0.25) is 0 Å². The Balaban J connectivity index is 1.49. The number of carbonyl (C=O) groups is 1. The normalized spacial score (nSPS) is 17.4. The Kier molecular flexibility index (Phi) is 4.77. The molecule has 3 heterocycles. The van der Waals surface area contributed by atoms with Gasteiger partial charge in [0.05, 0.1) is 25.3 Å². The highest BCUT2D eigenvalue weighted by molar-refractivity contribution is 7.13. The number of hydrogen-bond donors (Lipinski definition) is 0. The Morgan fingerprint density at radius 1 is 1.31 bits per heavy atom. The van der Waals surface area contributed by atoms with E-state index in [1.54, 1.807) is 23.2 Å². The molecule has 1 aliphatic rings. The van der Waals surface area contributed by atoms with E-state index in [9.17, 15) is 4.79 Å². The van der Waals surface area contributed by atoms with Crippen LogP contribution in [0.3, 0.4) is 0 Å². The molecule has 0 spiro atoms. The summed E-state index contributed by atoms with van der Waals surface area (Å²) in [5.74, 6) is 0.953. The SMILES string of the molecule is Cc1nc([C@@H]2COCCN2C(=O)Cc2csc(-c3ccccc3)n2)no1. The number of carbonyl (C=O) groups excluding carboxylic acids is 1. The summed E-state index contributed by atoms with van der Waals surface area (Å²) in [7, 11) is 0. The van der Waals surface area contributed by atoms with Gasteiger partial charge >= 0.3 is 0 Å². The van der Waals surface area contributed by atoms with Crippen LogP contribution in [0.5, 0.6) is 0 Å². The van der Waals surface area contributed by atoms with Crippen molar-refractivity contribution in [2.75, 3.05) is 19.8 Å². The van der Waals surface area contributed by atoms with Crippen LogP contribution in [0.15, 0.2) is 40.2 Å². The first-order chi connectivity index (χ1) is 12.7. The molecule has 0 N–H and O–H groups in total. The van der Waals surface area contributed by atoms with Crippen molar-refractivity contribution in [3.8, 4) is 10.6 Å². The maximum atomic E-state index is 12.9. The van der Waals surface area contributed by atoms with Crippen molar-refractivity contribution in [1.29, 1.82) is 0 Å². The van der Waals surface area contributed by atoms with Crippen LogP contribution in [-0.2, 0) is 16.0 Å². The predicted octanol–water partition coefficient (Wildman–Crippen LogP) is 2.64. The molecule has 0 radical (unpaired) electrons. The van der Waals surface area contributed by atoms with Gasteiger partial charge in [0.25, 0.3) is 0 Å². The summed E-state index contributed by atoms with van der Waals surface area (Å²) in [6, 6.07) is 9.64. The fourth-order valence-electron chi connectivity index (χ4n) is 2.92. The zero-order chi connectivity index (χ0) is 17.9. The summed E-state index contributed by atoms with van der Waals surface area (Å²) in [5, 5.41) is 6.81. The van der Waals surface area contributed by atoms with Crippen molar-refractivity contribution in [2.45, 2.75) is 19.4 Å². The number of nitrogens with zero attached hydrogens (tertiary/aromatic N) is 4. The summed E-state index contributed by atoms with van der Waals surface area (Å²) < 4.78 is 10.6. The van der Waals surface area contributed by atoms with E-state index in [2.05, 4.69) is 15.1 Å². The number of thiazole rings is 1. The van der Waals surface area contributed by atoms with Crippen molar-refractivity contribution >= 4 is 17.2 Å². The number of benzene rings is 1. The van der Waals surface area contributed by atoms with Crippen molar-refractivity contribution in [1.82, 2.24) is 20.0 Å². The lowest BCUT2D eigenvalue weighted by molar-refractivity contribution is -0.139. The Hall–Kier alpha value is -2.58. The smallest absolute Gasteiger partial charge is 0.229 e. The van der Waals surface area contributed by atoms with E-state index < -0.39 is 0 Å². The second-order valence-electron chi connectivity index (χ2n) is 6.04. The third kappa shape index (κ3) is 3.51. The molecule has 134 valence electrons. The Bertz CT molecular complexity index is 893. The second kappa shape index (κ2) is 7.35. The van der Waals surface area contributed by atoms with Gasteiger partial charge in [-0.3, -0.25) is 4.79 Å². The Morgan fingerprint density at radius 2 is 2.15 bits per heavy atom. The first-order valence-corrected chi connectivity index (χ1v) is 9.26. The fourth-order valence-corrected chi connectivity index (χ4v) is 3.75. The lowest BCUT2D eigenvalue weighted by atomic mass is 10.2. The average molecular weight is 370 g/mol. The lowest BCUT2D eigenvalue weighted by Gasteiger charge is -2.33. The molecular formula is C18H18N4O3S. The third-order valence-electron chi connectivity index (χ3n) is 4.19. The molecular weight excluding hydrogens is 352 g/mol. The summed E-state index contributed by atoms with van der Waals surface area (Å²) in [4.78, 5) is 23.5. The molecule has 0 bridgehead atoms. The van der Waals surface area contributed by atoms with Crippen LogP contribution in [0.4, 0.5) is 0 Å². The van der Waals surface area contributed by atoms with Crippen LogP contribution < -0.4 is 0 Å². The average Bonchev–Trinajstić information content (AvgIpc) is 3.31. The fraction of sp³-hybridized carbons (Fsp3) is 0.333. The number of rotatable bonds is 4. The van der Waals surface area contributed by atoms with Gasteiger partial charge in [-0.2, -0.15) is 4.98 Å². The molecule has 1 amide bonds. The monoisotopic (exact) mass is 370 g/mol. The summed E-state index contributed by atoms with van der Waals surface area (Å²) in [6.07, 6.45) is 0.247. The standard InChI is InChI=1S/C18H18N4O3S/c1-12-19-17(21-25-12)15-10-24-8-7-22(15)16(23)9-14-11-26-18(20-14)13-5-3-2-4-6-13/h2-6,11,15H,7-10H2,1H3/t15-/m0/s1. The molecule has 0 unspecified atom stereocenters. The van der Waals surface area contributed by atoms with E-state index in [0.717, 1.165) is 16.3 Å². The molecule has 1 aromatic carbocycles. The van der Waals surface area contributed by atoms with E-state index >= 15 is 0 Å². The maximum Gasteiger partial charge on any atom is 0.229 e. The number of aryl methyl sites for hydroxylation is 1. The molecule has 4 rings (SSSR count). The number of morpholine rings is 1. The molecule has 1 saturated heterocycles. The van der Waals surface area contributed by atoms with E-state index in [1.807, 2.05) is 35.7 Å². The van der Waals surface area contributed by atoms with Crippen LogP contribution in [-0.4, -0.2) is 45.7 Å². The zero-order valence-corrected chi connectivity index (χ0v) is 15.1. The van der Waals surface area contributed by atoms with Crippen molar-refractivity contribution in [3.63, 3.8) is 0 Å². The Morgan fingerprint density at radius 3 is 2.92 bits per heavy atom. The number of hydrogen-bond acceptors (Lipinski definition) is 7. The molecule has 0 saturated carbocycles. The van der Waals surface area contributed by atoms with E-state index in [0.29, 0.717) is 31.5 Å². The van der Waals surface area contributed by atoms with E-state index in [1.165, 1.54) is 0 Å². The van der Waals surface area contributed by atoms with Crippen LogP contribution >= 0.6 is 11.3 Å². The van der Waals surface area contributed by atoms with Gasteiger partial charge in [-0.25, -0.2) is 4.98 Å². The van der Waals surface area contributed by atoms with Crippen molar-refractivity contribution in [3.05, 3.63) is 53.1 Å². The highest BCUT2D eigenvalue weighted by Gasteiger charge is 2.32. The largest absolute Gasteiger partial charge is 0.377 e. The zero-order valence-electron chi connectivity index (χ0n) is 14.3. The molecule has 1 fully saturated rings. The minimum Gasteiger partial charge on any atom is -0.377 e. The van der Waals surface area contributed by atoms with Gasteiger partial charge in [0.15, 0.2) is 5.82 Å². The summed E-state index contributed by atoms with van der Waals surface area (Å²) in [6.45, 7) is 3.11.